The lowest BCUT2D eigenvalue weighted by atomic mass is 9.82. The molecule has 3 aromatic carbocycles. The zero-order valence-electron chi connectivity index (χ0n) is 22.5. The zero-order valence-corrected chi connectivity index (χ0v) is 24.1. The van der Waals surface area contributed by atoms with Crippen LogP contribution in [0.15, 0.2) is 82.3 Å². The van der Waals surface area contributed by atoms with Gasteiger partial charge in [-0.2, -0.15) is 0 Å². The first-order valence-electron chi connectivity index (χ1n) is 13.1. The number of amides is 1. The molecular weight excluding hydrogens is 560 g/mol. The van der Waals surface area contributed by atoms with Gasteiger partial charge in [0, 0.05) is 36.0 Å². The zero-order chi connectivity index (χ0) is 27.8. The van der Waals surface area contributed by atoms with Crippen molar-refractivity contribution in [3.63, 3.8) is 0 Å². The third-order valence-corrected chi connectivity index (χ3v) is 7.01. The molecule has 0 spiro atoms. The molecule has 2 atom stereocenters. The minimum absolute atomic E-state index is 0.0771. The standard InChI is InChI=1S/C31H35BrN2O5/c1-21(2)20-33-30(36)31(19-22-8-12-25(32)13-9-22)28(24-6-4-7-27(18-24)37-3)39-29(34-31)23-10-14-26(15-11-23)38-17-5-16-35/h4,6-15,18,21,28,35H,5,16-17,19-20H2,1-3H3,(H,33,36)/t28-,31-/m1/s1. The molecule has 0 aliphatic carbocycles. The van der Waals surface area contributed by atoms with Crippen LogP contribution in [-0.2, 0) is 16.0 Å². The second-order valence-corrected chi connectivity index (χ2v) is 10.9. The van der Waals surface area contributed by atoms with Crippen LogP contribution in [0.25, 0.3) is 0 Å². The van der Waals surface area contributed by atoms with Crippen molar-refractivity contribution in [2.24, 2.45) is 10.9 Å². The molecule has 8 heteroatoms. The number of aliphatic hydroxyl groups is 1. The van der Waals surface area contributed by atoms with Gasteiger partial charge in [-0.05, 0) is 65.6 Å². The number of rotatable bonds is 12. The number of halogens is 1. The van der Waals surface area contributed by atoms with Gasteiger partial charge in [0.2, 0.25) is 5.90 Å². The smallest absolute Gasteiger partial charge is 0.252 e. The van der Waals surface area contributed by atoms with Gasteiger partial charge in [0.05, 0.1) is 13.7 Å². The number of nitrogens with one attached hydrogen (secondary N) is 1. The maximum Gasteiger partial charge on any atom is 0.252 e. The Morgan fingerprint density at radius 2 is 1.85 bits per heavy atom. The molecule has 0 fully saturated rings. The highest BCUT2D eigenvalue weighted by Crippen LogP contribution is 2.43. The molecule has 3 aromatic rings. The number of nitrogens with zero attached hydrogens (tertiary/aromatic N) is 1. The molecular formula is C31H35BrN2O5. The maximum atomic E-state index is 14.1. The van der Waals surface area contributed by atoms with Gasteiger partial charge < -0.3 is 24.6 Å². The molecule has 1 amide bonds. The lowest BCUT2D eigenvalue weighted by molar-refractivity contribution is -0.129. The summed E-state index contributed by atoms with van der Waals surface area (Å²) in [5.74, 6) is 1.84. The van der Waals surface area contributed by atoms with E-state index in [4.69, 9.17) is 24.3 Å². The number of carbonyl (C=O) groups is 1. The minimum atomic E-state index is -1.25. The Balaban J connectivity index is 1.78. The summed E-state index contributed by atoms with van der Waals surface area (Å²) in [6, 6.07) is 22.9. The summed E-state index contributed by atoms with van der Waals surface area (Å²) in [5, 5.41) is 12.1. The molecule has 2 N–H and O–H groups in total. The quantitative estimate of drug-likeness (QED) is 0.271. The number of hydrogen-bond donors (Lipinski definition) is 2. The Hall–Kier alpha value is -3.36. The van der Waals surface area contributed by atoms with Crippen molar-refractivity contribution in [2.45, 2.75) is 38.3 Å². The second kappa shape index (κ2) is 13.1. The summed E-state index contributed by atoms with van der Waals surface area (Å²) in [6.45, 7) is 5.15. The van der Waals surface area contributed by atoms with Gasteiger partial charge in [0.25, 0.3) is 5.91 Å². The third kappa shape index (κ3) is 6.99. The first-order valence-corrected chi connectivity index (χ1v) is 13.9. The third-order valence-electron chi connectivity index (χ3n) is 6.48. The molecule has 0 aromatic heterocycles. The highest BCUT2D eigenvalue weighted by molar-refractivity contribution is 9.10. The van der Waals surface area contributed by atoms with E-state index in [0.29, 0.717) is 43.4 Å². The van der Waals surface area contributed by atoms with Crippen LogP contribution in [0, 0.1) is 5.92 Å². The maximum absolute atomic E-state index is 14.1. The van der Waals surface area contributed by atoms with Crippen molar-refractivity contribution >= 4 is 27.7 Å². The highest BCUT2D eigenvalue weighted by Gasteiger charge is 2.53. The molecule has 0 bridgehead atoms. The van der Waals surface area contributed by atoms with Crippen LogP contribution in [0.5, 0.6) is 11.5 Å². The van der Waals surface area contributed by atoms with Crippen molar-refractivity contribution in [2.75, 3.05) is 26.9 Å². The fourth-order valence-electron chi connectivity index (χ4n) is 4.45. The van der Waals surface area contributed by atoms with Crippen molar-refractivity contribution in [3.8, 4) is 11.5 Å². The van der Waals surface area contributed by atoms with Gasteiger partial charge in [-0.25, -0.2) is 4.99 Å². The molecule has 1 aliphatic rings. The fourth-order valence-corrected chi connectivity index (χ4v) is 4.71. The van der Waals surface area contributed by atoms with Crippen LogP contribution in [0.2, 0.25) is 0 Å². The van der Waals surface area contributed by atoms with E-state index >= 15 is 0 Å². The average molecular weight is 596 g/mol. The number of hydrogen-bond acceptors (Lipinski definition) is 6. The second-order valence-electron chi connectivity index (χ2n) is 9.97. The van der Waals surface area contributed by atoms with E-state index in [-0.39, 0.29) is 18.4 Å². The Morgan fingerprint density at radius 1 is 1.10 bits per heavy atom. The van der Waals surface area contributed by atoms with Crippen LogP contribution < -0.4 is 14.8 Å². The van der Waals surface area contributed by atoms with E-state index in [1.807, 2.05) is 72.8 Å². The predicted molar refractivity (Wildman–Crippen MR) is 155 cm³/mol. The Morgan fingerprint density at radius 3 is 2.51 bits per heavy atom. The lowest BCUT2D eigenvalue weighted by Crippen LogP contribution is -2.50. The molecule has 1 heterocycles. The molecule has 1 aliphatic heterocycles. The topological polar surface area (TPSA) is 89.4 Å². The Labute approximate surface area is 238 Å². The van der Waals surface area contributed by atoms with Crippen LogP contribution in [0.1, 0.15) is 43.1 Å². The van der Waals surface area contributed by atoms with E-state index in [1.165, 1.54) is 0 Å². The summed E-state index contributed by atoms with van der Waals surface area (Å²) in [6.07, 6.45) is 0.223. The number of aliphatic hydroxyl groups excluding tert-OH is 1. The monoisotopic (exact) mass is 594 g/mol. The van der Waals surface area contributed by atoms with Gasteiger partial charge in [-0.15, -0.1) is 0 Å². The van der Waals surface area contributed by atoms with Crippen LogP contribution in [0.4, 0.5) is 0 Å². The molecule has 0 unspecified atom stereocenters. The molecule has 206 valence electrons. The van der Waals surface area contributed by atoms with E-state index in [9.17, 15) is 4.79 Å². The van der Waals surface area contributed by atoms with Gasteiger partial charge in [-0.3, -0.25) is 4.79 Å². The average Bonchev–Trinajstić information content (AvgIpc) is 3.34. The normalized spacial score (nSPS) is 18.4. The Kier molecular flexibility index (Phi) is 9.64. The number of aliphatic imine (C=N–C) groups is 1. The van der Waals surface area contributed by atoms with Crippen molar-refractivity contribution in [3.05, 3.63) is 94.0 Å². The van der Waals surface area contributed by atoms with Gasteiger partial charge in [0.1, 0.15) is 11.5 Å². The highest BCUT2D eigenvalue weighted by atomic mass is 79.9. The summed E-state index contributed by atoms with van der Waals surface area (Å²) >= 11 is 3.50. The minimum Gasteiger partial charge on any atom is -0.497 e. The van der Waals surface area contributed by atoms with Gasteiger partial charge in [-0.1, -0.05) is 54.0 Å². The van der Waals surface area contributed by atoms with Gasteiger partial charge in [0.15, 0.2) is 11.6 Å². The molecule has 7 nitrogen and oxygen atoms in total. The van der Waals surface area contributed by atoms with E-state index < -0.39 is 11.6 Å². The molecule has 0 saturated carbocycles. The first-order chi connectivity index (χ1) is 18.8. The predicted octanol–water partition coefficient (Wildman–Crippen LogP) is 5.49. The number of ether oxygens (including phenoxy) is 3. The lowest BCUT2D eigenvalue weighted by Gasteiger charge is -2.31. The van der Waals surface area contributed by atoms with E-state index in [1.54, 1.807) is 7.11 Å². The summed E-state index contributed by atoms with van der Waals surface area (Å²) in [5.41, 5.74) is 1.26. The van der Waals surface area contributed by atoms with Crippen molar-refractivity contribution < 1.29 is 24.1 Å². The Bertz CT molecular complexity index is 1280. The largest absolute Gasteiger partial charge is 0.497 e. The number of benzene rings is 3. The number of methoxy groups -OCH3 is 1. The van der Waals surface area contributed by atoms with Crippen LogP contribution in [0.3, 0.4) is 0 Å². The first kappa shape index (κ1) is 28.6. The number of carbonyl (C=O) groups excluding carboxylic acids is 1. The molecule has 4 rings (SSSR count). The molecule has 0 saturated heterocycles. The van der Waals surface area contributed by atoms with Crippen LogP contribution >= 0.6 is 15.9 Å². The summed E-state index contributed by atoms with van der Waals surface area (Å²) in [4.78, 5) is 19.1. The van der Waals surface area contributed by atoms with Crippen molar-refractivity contribution in [1.29, 1.82) is 0 Å². The molecule has 39 heavy (non-hydrogen) atoms. The van der Waals surface area contributed by atoms with E-state index in [0.717, 1.165) is 21.2 Å². The summed E-state index contributed by atoms with van der Waals surface area (Å²) in [7, 11) is 1.62. The summed E-state index contributed by atoms with van der Waals surface area (Å²) < 4.78 is 18.7. The molecule has 0 radical (unpaired) electrons. The van der Waals surface area contributed by atoms with Crippen molar-refractivity contribution in [1.82, 2.24) is 5.32 Å². The van der Waals surface area contributed by atoms with Crippen LogP contribution in [-0.4, -0.2) is 49.3 Å². The van der Waals surface area contributed by atoms with E-state index in [2.05, 4.69) is 35.1 Å². The van der Waals surface area contributed by atoms with Gasteiger partial charge >= 0.3 is 0 Å². The SMILES string of the molecule is COc1cccc([C@H]2OC(c3ccc(OCCCO)cc3)=N[C@@]2(Cc2ccc(Br)cc2)C(=O)NCC(C)C)c1. The fraction of sp³-hybridized carbons (Fsp3) is 0.355.